The summed E-state index contributed by atoms with van der Waals surface area (Å²) in [4.78, 5) is 13.2. The number of rotatable bonds is 5. The lowest BCUT2D eigenvalue weighted by Crippen LogP contribution is -2.41. The maximum atomic E-state index is 10.8. The molecule has 0 radical (unpaired) electrons. The van der Waals surface area contributed by atoms with Gasteiger partial charge in [-0.3, -0.25) is 4.90 Å². The van der Waals surface area contributed by atoms with E-state index in [0.29, 0.717) is 0 Å². The van der Waals surface area contributed by atoms with Crippen molar-refractivity contribution in [1.82, 2.24) is 4.90 Å². The van der Waals surface area contributed by atoms with Crippen LogP contribution >= 0.6 is 0 Å². The first-order valence-corrected chi connectivity index (χ1v) is 6.73. The summed E-state index contributed by atoms with van der Waals surface area (Å²) in [6.45, 7) is 6.56. The summed E-state index contributed by atoms with van der Waals surface area (Å²) in [7, 11) is 0. The predicted molar refractivity (Wildman–Crippen MR) is 73.2 cm³/mol. The van der Waals surface area contributed by atoms with Gasteiger partial charge >= 0.3 is 0 Å². The molecule has 0 spiro atoms. The van der Waals surface area contributed by atoms with Crippen molar-refractivity contribution in [3.05, 3.63) is 48.6 Å². The second-order valence-corrected chi connectivity index (χ2v) is 5.38. The van der Waals surface area contributed by atoms with Crippen LogP contribution in [0.5, 0.6) is 0 Å². The normalized spacial score (nSPS) is 18.9. The van der Waals surface area contributed by atoms with Crippen molar-refractivity contribution in [2.45, 2.75) is 25.8 Å². The molecular weight excluding hydrogens is 238 g/mol. The lowest BCUT2D eigenvalue weighted by Gasteiger charge is -2.40. The van der Waals surface area contributed by atoms with E-state index in [1.807, 2.05) is 24.3 Å². The number of carboxylic acids is 1. The Morgan fingerprint density at radius 3 is 2.47 bits per heavy atom. The Balaban J connectivity index is 1.91. The summed E-state index contributed by atoms with van der Waals surface area (Å²) in [5.41, 5.74) is 1.03. The van der Waals surface area contributed by atoms with Crippen molar-refractivity contribution < 1.29 is 9.90 Å². The molecule has 102 valence electrons. The number of aliphatic carboxylic acids is 1. The van der Waals surface area contributed by atoms with E-state index in [-0.39, 0.29) is 11.8 Å². The van der Waals surface area contributed by atoms with Crippen molar-refractivity contribution in [2.75, 3.05) is 13.1 Å². The number of carboxylic acid groups (broad SMARTS) is 1. The molecule has 3 nitrogen and oxygen atoms in total. The van der Waals surface area contributed by atoms with E-state index in [0.717, 1.165) is 32.5 Å². The number of carbonyl (C=O) groups excluding carboxylic acids is 1. The molecule has 1 saturated heterocycles. The van der Waals surface area contributed by atoms with Crippen LogP contribution in [0.15, 0.2) is 43.0 Å². The van der Waals surface area contributed by atoms with Crippen LogP contribution in [-0.2, 0) is 11.3 Å². The molecule has 0 N–H and O–H groups in total. The largest absolute Gasteiger partial charge is 0.550 e. The number of piperidine rings is 1. The summed E-state index contributed by atoms with van der Waals surface area (Å²) in [6, 6.07) is 10.3. The molecule has 1 fully saturated rings. The third kappa shape index (κ3) is 3.67. The van der Waals surface area contributed by atoms with Crippen molar-refractivity contribution in [2.24, 2.45) is 5.41 Å². The Morgan fingerprint density at radius 1 is 1.32 bits per heavy atom. The highest BCUT2D eigenvalue weighted by Crippen LogP contribution is 2.36. The first-order valence-electron chi connectivity index (χ1n) is 6.73. The Bertz CT molecular complexity index is 433. The molecule has 1 aliphatic heterocycles. The molecule has 0 atom stereocenters. The van der Waals surface area contributed by atoms with Crippen LogP contribution in [0.3, 0.4) is 0 Å². The zero-order valence-corrected chi connectivity index (χ0v) is 11.2. The van der Waals surface area contributed by atoms with Crippen LogP contribution in [0.1, 0.15) is 24.8 Å². The molecule has 1 heterocycles. The Hall–Kier alpha value is -1.61. The molecule has 0 amide bonds. The zero-order valence-electron chi connectivity index (χ0n) is 11.2. The van der Waals surface area contributed by atoms with Gasteiger partial charge in [-0.05, 0) is 43.3 Å². The van der Waals surface area contributed by atoms with Gasteiger partial charge in [0.15, 0.2) is 0 Å². The van der Waals surface area contributed by atoms with Crippen LogP contribution in [-0.4, -0.2) is 24.0 Å². The number of hydrogen-bond acceptors (Lipinski definition) is 3. The van der Waals surface area contributed by atoms with E-state index < -0.39 is 5.97 Å². The SMILES string of the molecule is C=CC1(CC(=O)[O-])CCN(Cc2ccccc2)CC1. The number of benzene rings is 1. The van der Waals surface area contributed by atoms with Gasteiger partial charge < -0.3 is 9.90 Å². The molecule has 19 heavy (non-hydrogen) atoms. The average Bonchev–Trinajstić information content (AvgIpc) is 2.42. The quantitative estimate of drug-likeness (QED) is 0.753. The molecule has 0 saturated carbocycles. The van der Waals surface area contributed by atoms with Gasteiger partial charge in [-0.2, -0.15) is 0 Å². The van der Waals surface area contributed by atoms with Gasteiger partial charge in [0.2, 0.25) is 0 Å². The number of nitrogens with zero attached hydrogens (tertiary/aromatic N) is 1. The monoisotopic (exact) mass is 258 g/mol. The van der Waals surface area contributed by atoms with Crippen LogP contribution < -0.4 is 5.11 Å². The van der Waals surface area contributed by atoms with Gasteiger partial charge in [-0.25, -0.2) is 0 Å². The van der Waals surface area contributed by atoms with E-state index in [2.05, 4.69) is 23.6 Å². The summed E-state index contributed by atoms with van der Waals surface area (Å²) >= 11 is 0. The van der Waals surface area contributed by atoms with Gasteiger partial charge in [0.05, 0.1) is 0 Å². The van der Waals surface area contributed by atoms with Gasteiger partial charge in [-0.15, -0.1) is 6.58 Å². The molecule has 3 heteroatoms. The zero-order chi connectivity index (χ0) is 13.7. The predicted octanol–water partition coefficient (Wildman–Crippen LogP) is 1.59. The maximum Gasteiger partial charge on any atom is 0.0422 e. The first-order chi connectivity index (χ1) is 9.13. The van der Waals surface area contributed by atoms with Gasteiger partial charge in [0.25, 0.3) is 0 Å². The summed E-state index contributed by atoms with van der Waals surface area (Å²) in [5.74, 6) is -0.976. The van der Waals surface area contributed by atoms with Gasteiger partial charge in [-0.1, -0.05) is 36.4 Å². The molecule has 2 rings (SSSR count). The maximum absolute atomic E-state index is 10.8. The third-order valence-corrected chi connectivity index (χ3v) is 4.03. The topological polar surface area (TPSA) is 43.4 Å². The second-order valence-electron chi connectivity index (χ2n) is 5.38. The highest BCUT2D eigenvalue weighted by molar-refractivity contribution is 5.65. The number of allylic oxidation sites excluding steroid dienone is 1. The van der Waals surface area contributed by atoms with Crippen molar-refractivity contribution >= 4 is 5.97 Å². The fraction of sp³-hybridized carbons (Fsp3) is 0.438. The van der Waals surface area contributed by atoms with Crippen LogP contribution in [0, 0.1) is 5.41 Å². The van der Waals surface area contributed by atoms with Gasteiger partial charge in [0.1, 0.15) is 0 Å². The minimum absolute atomic E-state index is 0.0929. The lowest BCUT2D eigenvalue weighted by molar-refractivity contribution is -0.308. The minimum Gasteiger partial charge on any atom is -0.550 e. The van der Waals surface area contributed by atoms with Crippen molar-refractivity contribution in [3.63, 3.8) is 0 Å². The minimum atomic E-state index is -0.976. The molecule has 0 bridgehead atoms. The standard InChI is InChI=1S/C16H21NO2/c1-2-16(12-15(18)19)8-10-17(11-9-16)13-14-6-4-3-5-7-14/h2-7H,1,8-13H2,(H,18,19)/p-1. The molecule has 0 aromatic heterocycles. The summed E-state index contributed by atoms with van der Waals surface area (Å²) in [6.07, 6.45) is 3.59. The lowest BCUT2D eigenvalue weighted by atomic mass is 9.76. The molecule has 1 aliphatic rings. The van der Waals surface area contributed by atoms with Crippen molar-refractivity contribution in [1.29, 1.82) is 0 Å². The van der Waals surface area contributed by atoms with Crippen LogP contribution in [0.4, 0.5) is 0 Å². The van der Waals surface area contributed by atoms with E-state index >= 15 is 0 Å². The molecular formula is C16H20NO2-. The van der Waals surface area contributed by atoms with E-state index in [9.17, 15) is 9.90 Å². The molecule has 0 aliphatic carbocycles. The number of carbonyl (C=O) groups is 1. The Morgan fingerprint density at radius 2 is 1.95 bits per heavy atom. The van der Waals surface area contributed by atoms with Gasteiger partial charge in [0, 0.05) is 12.5 Å². The number of likely N-dealkylation sites (tertiary alicyclic amines) is 1. The molecule has 1 aromatic rings. The Labute approximate surface area is 114 Å². The average molecular weight is 258 g/mol. The summed E-state index contributed by atoms with van der Waals surface area (Å²) in [5, 5.41) is 10.8. The molecule has 0 unspecified atom stereocenters. The highest BCUT2D eigenvalue weighted by atomic mass is 16.4. The molecule has 1 aromatic carbocycles. The fourth-order valence-corrected chi connectivity index (χ4v) is 2.74. The second kappa shape index (κ2) is 6.02. The van der Waals surface area contributed by atoms with Crippen LogP contribution in [0.2, 0.25) is 0 Å². The van der Waals surface area contributed by atoms with E-state index in [1.165, 1.54) is 5.56 Å². The number of hydrogen-bond donors (Lipinski definition) is 0. The Kier molecular flexibility index (Phi) is 4.38. The third-order valence-electron chi connectivity index (χ3n) is 4.03. The van der Waals surface area contributed by atoms with E-state index in [1.54, 1.807) is 0 Å². The first kappa shape index (κ1) is 13.8. The smallest absolute Gasteiger partial charge is 0.0422 e. The fourth-order valence-electron chi connectivity index (χ4n) is 2.74. The van der Waals surface area contributed by atoms with Crippen molar-refractivity contribution in [3.8, 4) is 0 Å². The van der Waals surface area contributed by atoms with Crippen LogP contribution in [0.25, 0.3) is 0 Å². The highest BCUT2D eigenvalue weighted by Gasteiger charge is 2.31. The van der Waals surface area contributed by atoms with E-state index in [4.69, 9.17) is 0 Å². The summed E-state index contributed by atoms with van der Waals surface area (Å²) < 4.78 is 0.